The van der Waals surface area contributed by atoms with E-state index in [0.717, 1.165) is 34.7 Å². The molecule has 49 heavy (non-hydrogen) atoms. The number of carbonyl (C=O) groups is 2. The number of nitro benzene ring substituents is 2. The number of nitro groups is 2. The Hall–Kier alpha value is -4.86. The SMILES string of the molecule is Cc1ccc(S[C@@H]2O[C@H](COC(=O)c3ccc([N+](=O)[O-])cc3)[C@H](OC(=O)c3ccc([N+](=O)[O-])cc3)[C@H](O)[C@H]2OCc2ccccc2Cl)cc1. The summed E-state index contributed by atoms with van der Waals surface area (Å²) in [7, 11) is 0. The number of halogens is 1. The van der Waals surface area contributed by atoms with Crippen molar-refractivity contribution in [1.29, 1.82) is 0 Å². The predicted octanol–water partition coefficient (Wildman–Crippen LogP) is 6.31. The molecule has 0 unspecified atom stereocenters. The summed E-state index contributed by atoms with van der Waals surface area (Å²) >= 11 is 7.59. The number of thioether (sulfide) groups is 1. The van der Waals surface area contributed by atoms with Crippen molar-refractivity contribution in [2.45, 2.75) is 48.3 Å². The van der Waals surface area contributed by atoms with Crippen LogP contribution < -0.4 is 0 Å². The van der Waals surface area contributed by atoms with Gasteiger partial charge < -0.3 is 24.1 Å². The van der Waals surface area contributed by atoms with Gasteiger partial charge in [-0.1, -0.05) is 59.3 Å². The topological polar surface area (TPSA) is 178 Å². The Bertz CT molecular complexity index is 1810. The van der Waals surface area contributed by atoms with E-state index >= 15 is 0 Å². The fourth-order valence-electron chi connectivity index (χ4n) is 4.87. The number of non-ortho nitro benzene ring substituents is 2. The molecule has 0 aromatic heterocycles. The van der Waals surface area contributed by atoms with Crippen molar-refractivity contribution in [2.24, 2.45) is 0 Å². The second kappa shape index (κ2) is 16.0. The average Bonchev–Trinajstić information content (AvgIpc) is 3.10. The lowest BCUT2D eigenvalue weighted by Crippen LogP contribution is -2.60. The van der Waals surface area contributed by atoms with Gasteiger partial charge in [-0.15, -0.1) is 0 Å². The standard InChI is InChI=1S/C34H29ClN2O11S/c1-20-6-16-26(17-7-20)49-34-31(45-18-23-4-2-3-5-27(23)35)29(38)30(48-33(40)22-10-14-25(15-11-22)37(43)44)28(47-34)19-46-32(39)21-8-12-24(13-9-21)36(41)42/h2-17,28-31,34,38H,18-19H2,1H3/t28-,29+,30+,31-,34+/m1/s1. The van der Waals surface area contributed by atoms with Gasteiger partial charge >= 0.3 is 11.9 Å². The van der Waals surface area contributed by atoms with Crippen LogP contribution in [0.2, 0.25) is 5.02 Å². The van der Waals surface area contributed by atoms with Crippen molar-refractivity contribution >= 4 is 46.7 Å². The van der Waals surface area contributed by atoms with Crippen LogP contribution in [0, 0.1) is 27.2 Å². The summed E-state index contributed by atoms with van der Waals surface area (Å²) in [6, 6.07) is 24.0. The fourth-order valence-corrected chi connectivity index (χ4v) is 6.19. The number of benzene rings is 4. The largest absolute Gasteiger partial charge is 0.459 e. The van der Waals surface area contributed by atoms with Crippen LogP contribution in [0.1, 0.15) is 31.8 Å². The van der Waals surface area contributed by atoms with Gasteiger partial charge in [0.1, 0.15) is 30.4 Å². The number of esters is 2. The van der Waals surface area contributed by atoms with Gasteiger partial charge in [-0.05, 0) is 55.0 Å². The Balaban J connectivity index is 1.43. The van der Waals surface area contributed by atoms with Crippen LogP contribution >= 0.6 is 23.4 Å². The highest BCUT2D eigenvalue weighted by Gasteiger charge is 2.49. The smallest absolute Gasteiger partial charge is 0.338 e. The van der Waals surface area contributed by atoms with Crippen molar-refractivity contribution in [2.75, 3.05) is 6.61 Å². The summed E-state index contributed by atoms with van der Waals surface area (Å²) in [6.45, 7) is 1.41. The van der Waals surface area contributed by atoms with Gasteiger partial charge in [-0.25, -0.2) is 9.59 Å². The molecule has 1 heterocycles. The zero-order valence-electron chi connectivity index (χ0n) is 25.7. The van der Waals surface area contributed by atoms with Crippen molar-refractivity contribution in [3.05, 3.63) is 145 Å². The first-order valence-corrected chi connectivity index (χ1v) is 16.0. The summed E-state index contributed by atoms with van der Waals surface area (Å²) in [6.07, 6.45) is -5.29. The van der Waals surface area contributed by atoms with Gasteiger partial charge in [0.25, 0.3) is 11.4 Å². The molecule has 1 saturated heterocycles. The summed E-state index contributed by atoms with van der Waals surface area (Å²) < 4.78 is 23.8. The zero-order chi connectivity index (χ0) is 35.1. The lowest BCUT2D eigenvalue weighted by molar-refractivity contribution is -0.385. The third kappa shape index (κ3) is 8.99. The molecule has 13 nitrogen and oxygen atoms in total. The van der Waals surface area contributed by atoms with Crippen LogP contribution in [-0.4, -0.2) is 63.4 Å². The molecule has 254 valence electrons. The minimum Gasteiger partial charge on any atom is -0.459 e. The molecule has 1 aliphatic heterocycles. The molecule has 1 fully saturated rings. The van der Waals surface area contributed by atoms with Gasteiger partial charge in [0.05, 0.1) is 27.6 Å². The van der Waals surface area contributed by atoms with Gasteiger partial charge in [0.15, 0.2) is 6.10 Å². The number of aryl methyl sites for hydroxylation is 1. The molecule has 5 atom stereocenters. The van der Waals surface area contributed by atoms with E-state index in [2.05, 4.69) is 0 Å². The number of aliphatic hydroxyl groups excluding tert-OH is 1. The van der Waals surface area contributed by atoms with Gasteiger partial charge in [0, 0.05) is 34.2 Å². The van der Waals surface area contributed by atoms with E-state index in [4.69, 9.17) is 30.5 Å². The molecule has 0 amide bonds. The molecule has 0 spiro atoms. The number of hydrogen-bond acceptors (Lipinski definition) is 12. The van der Waals surface area contributed by atoms with Crippen LogP contribution in [0.25, 0.3) is 0 Å². The maximum Gasteiger partial charge on any atom is 0.338 e. The number of aliphatic hydroxyl groups is 1. The highest BCUT2D eigenvalue weighted by atomic mass is 35.5. The molecule has 5 rings (SSSR count). The molecule has 0 saturated carbocycles. The first kappa shape index (κ1) is 35.4. The van der Waals surface area contributed by atoms with Crippen molar-refractivity contribution in [1.82, 2.24) is 0 Å². The van der Waals surface area contributed by atoms with Crippen LogP contribution in [0.3, 0.4) is 0 Å². The van der Waals surface area contributed by atoms with Crippen molar-refractivity contribution < 1.29 is 43.5 Å². The Labute approximate surface area is 289 Å². The molecule has 4 aromatic rings. The monoisotopic (exact) mass is 708 g/mol. The van der Waals surface area contributed by atoms with E-state index in [1.807, 2.05) is 31.2 Å². The normalized spacial score (nSPS) is 20.3. The molecule has 0 aliphatic carbocycles. The highest BCUT2D eigenvalue weighted by molar-refractivity contribution is 7.99. The molecule has 1 N–H and O–H groups in total. The lowest BCUT2D eigenvalue weighted by atomic mass is 9.99. The average molecular weight is 709 g/mol. The van der Waals surface area contributed by atoms with E-state index in [1.165, 1.54) is 36.0 Å². The van der Waals surface area contributed by atoms with Crippen molar-refractivity contribution in [3.63, 3.8) is 0 Å². The summed E-state index contributed by atoms with van der Waals surface area (Å²) in [5.74, 6) is -1.77. The van der Waals surface area contributed by atoms with Gasteiger partial charge in [-0.2, -0.15) is 0 Å². The first-order chi connectivity index (χ1) is 23.5. The third-order valence-electron chi connectivity index (χ3n) is 7.53. The number of nitrogens with zero attached hydrogens (tertiary/aromatic N) is 2. The number of carbonyl (C=O) groups excluding carboxylic acids is 2. The Morgan fingerprint density at radius 1 is 0.837 bits per heavy atom. The summed E-state index contributed by atoms with van der Waals surface area (Å²) in [5.41, 5.74) is 0.281. The van der Waals surface area contributed by atoms with E-state index in [1.54, 1.807) is 24.3 Å². The highest BCUT2D eigenvalue weighted by Crippen LogP contribution is 2.37. The minimum atomic E-state index is -1.52. The second-order valence-corrected chi connectivity index (χ2v) is 12.5. The Morgan fingerprint density at radius 3 is 1.98 bits per heavy atom. The quantitative estimate of drug-likeness (QED) is 0.0987. The van der Waals surface area contributed by atoms with Crippen LogP contribution in [0.5, 0.6) is 0 Å². The van der Waals surface area contributed by atoms with Gasteiger partial charge in [-0.3, -0.25) is 20.2 Å². The second-order valence-electron chi connectivity index (χ2n) is 10.9. The number of rotatable bonds is 12. The molecule has 4 aromatic carbocycles. The number of hydrogen-bond donors (Lipinski definition) is 1. The van der Waals surface area contributed by atoms with Crippen LogP contribution in [0.15, 0.2) is 102 Å². The van der Waals surface area contributed by atoms with Crippen LogP contribution in [-0.2, 0) is 25.6 Å². The van der Waals surface area contributed by atoms with Crippen LogP contribution in [0.4, 0.5) is 11.4 Å². The molecule has 0 radical (unpaired) electrons. The molecular weight excluding hydrogens is 680 g/mol. The number of ether oxygens (including phenoxy) is 4. The molecule has 15 heteroatoms. The van der Waals surface area contributed by atoms with E-state index in [0.29, 0.717) is 10.6 Å². The van der Waals surface area contributed by atoms with E-state index in [9.17, 15) is 34.9 Å². The minimum absolute atomic E-state index is 0.0212. The maximum atomic E-state index is 13.3. The summed E-state index contributed by atoms with van der Waals surface area (Å²) in [5, 5.41) is 34.4. The zero-order valence-corrected chi connectivity index (χ0v) is 27.3. The fraction of sp³-hybridized carbons (Fsp3) is 0.235. The van der Waals surface area contributed by atoms with E-state index in [-0.39, 0.29) is 29.1 Å². The molecular formula is C34H29ClN2O11S. The Kier molecular flexibility index (Phi) is 11.6. The van der Waals surface area contributed by atoms with Crippen molar-refractivity contribution in [3.8, 4) is 0 Å². The van der Waals surface area contributed by atoms with E-state index < -0.39 is 58.2 Å². The third-order valence-corrected chi connectivity index (χ3v) is 9.05. The molecule has 0 bridgehead atoms. The first-order valence-electron chi connectivity index (χ1n) is 14.8. The lowest BCUT2D eigenvalue weighted by Gasteiger charge is -2.43. The Morgan fingerprint density at radius 2 is 1.41 bits per heavy atom. The molecule has 1 aliphatic rings. The predicted molar refractivity (Wildman–Crippen MR) is 177 cm³/mol. The summed E-state index contributed by atoms with van der Waals surface area (Å²) in [4.78, 5) is 47.9. The van der Waals surface area contributed by atoms with Gasteiger partial charge in [0.2, 0.25) is 0 Å². The maximum absolute atomic E-state index is 13.3.